The Morgan fingerprint density at radius 2 is 2.00 bits per heavy atom. The van der Waals surface area contributed by atoms with Crippen molar-refractivity contribution in [3.8, 4) is 0 Å². The molecule has 0 radical (unpaired) electrons. The number of pyridine rings is 1. The maximum Gasteiger partial charge on any atom is 0.511 e. The maximum absolute atomic E-state index is 12.5. The fourth-order valence-corrected chi connectivity index (χ4v) is 3.28. The summed E-state index contributed by atoms with van der Waals surface area (Å²) in [6.45, 7) is 0.330. The summed E-state index contributed by atoms with van der Waals surface area (Å²) in [5, 5.41) is 0. The lowest BCUT2D eigenvalue weighted by Crippen LogP contribution is -2.38. The van der Waals surface area contributed by atoms with E-state index in [1.165, 1.54) is 4.72 Å². The van der Waals surface area contributed by atoms with E-state index in [1.807, 2.05) is 0 Å². The Morgan fingerprint density at radius 1 is 1.24 bits per heavy atom. The van der Waals surface area contributed by atoms with Crippen molar-refractivity contribution in [3.05, 3.63) is 35.8 Å². The number of carbonyl (C=O) groups excluding carboxylic acids is 1. The molecule has 3 rings (SSSR count). The lowest BCUT2D eigenvalue weighted by atomic mass is 10.2. The van der Waals surface area contributed by atoms with Crippen LogP contribution in [-0.4, -0.2) is 47.2 Å². The Labute approximate surface area is 141 Å². The highest BCUT2D eigenvalue weighted by Crippen LogP contribution is 2.22. The zero-order valence-electron chi connectivity index (χ0n) is 13.0. The zero-order valence-corrected chi connectivity index (χ0v) is 13.8. The van der Waals surface area contributed by atoms with Crippen LogP contribution in [0.15, 0.2) is 24.4 Å². The normalized spacial score (nSPS) is 15.2. The van der Waals surface area contributed by atoms with Crippen molar-refractivity contribution in [2.24, 2.45) is 0 Å². The molecular formula is C14H15F3N4O3S. The van der Waals surface area contributed by atoms with E-state index in [2.05, 4.69) is 4.98 Å². The molecule has 0 fully saturated rings. The minimum absolute atomic E-state index is 0.183. The van der Waals surface area contributed by atoms with Crippen molar-refractivity contribution in [1.82, 2.24) is 19.0 Å². The quantitative estimate of drug-likeness (QED) is 0.775. The third-order valence-corrected chi connectivity index (χ3v) is 5.11. The molecule has 0 unspecified atom stereocenters. The number of alkyl halides is 3. The second-order valence-corrected chi connectivity index (χ2v) is 7.39. The zero-order chi connectivity index (χ0) is 18.2. The second-order valence-electron chi connectivity index (χ2n) is 5.63. The molecule has 7 nitrogen and oxygen atoms in total. The van der Waals surface area contributed by atoms with E-state index in [9.17, 15) is 26.4 Å². The van der Waals surface area contributed by atoms with Gasteiger partial charge in [-0.05, 0) is 25.0 Å². The average Bonchev–Trinajstić information content (AvgIpc) is 2.94. The fraction of sp³-hybridized carbons (Fsp3) is 0.429. The van der Waals surface area contributed by atoms with E-state index in [0.29, 0.717) is 30.9 Å². The molecule has 1 N–H and O–H groups in total. The van der Waals surface area contributed by atoms with Crippen LogP contribution in [0.25, 0.3) is 5.65 Å². The van der Waals surface area contributed by atoms with Crippen molar-refractivity contribution in [2.45, 2.75) is 24.9 Å². The molecule has 0 aromatic carbocycles. The maximum atomic E-state index is 12.5. The van der Waals surface area contributed by atoms with E-state index >= 15 is 0 Å². The number of nitrogens with one attached hydrogen (secondary N) is 1. The van der Waals surface area contributed by atoms with Gasteiger partial charge in [0.2, 0.25) is 0 Å². The molecule has 0 spiro atoms. The van der Waals surface area contributed by atoms with E-state index < -0.39 is 15.5 Å². The molecule has 0 aliphatic carbocycles. The fourth-order valence-electron chi connectivity index (χ4n) is 2.70. The molecule has 0 bridgehead atoms. The molecule has 2 aromatic rings. The monoisotopic (exact) mass is 376 g/mol. The van der Waals surface area contributed by atoms with Crippen molar-refractivity contribution in [2.75, 3.05) is 13.1 Å². The summed E-state index contributed by atoms with van der Waals surface area (Å²) >= 11 is 0. The average molecular weight is 376 g/mol. The smallest absolute Gasteiger partial charge is 0.331 e. The summed E-state index contributed by atoms with van der Waals surface area (Å²) < 4.78 is 61.6. The Balaban J connectivity index is 1.55. The first-order valence-corrected chi connectivity index (χ1v) is 8.99. The molecule has 1 aliphatic heterocycles. The van der Waals surface area contributed by atoms with Crippen LogP contribution in [0.4, 0.5) is 13.2 Å². The minimum atomic E-state index is -5.32. The first-order chi connectivity index (χ1) is 11.7. The van der Waals surface area contributed by atoms with E-state index in [-0.39, 0.29) is 18.9 Å². The number of halogens is 3. The number of sulfonamides is 1. The Bertz CT molecular complexity index is 908. The Hall–Kier alpha value is -2.14. The van der Waals surface area contributed by atoms with Crippen molar-refractivity contribution >= 4 is 21.6 Å². The third kappa shape index (κ3) is 3.33. The SMILES string of the molecule is O=C1c2cccc3ncc(n23)CN1CCCCNS(=O)(=O)C(F)(F)F. The number of imidazole rings is 1. The molecule has 0 atom stereocenters. The van der Waals surface area contributed by atoms with Crippen LogP contribution in [0.2, 0.25) is 0 Å². The molecule has 0 saturated heterocycles. The molecule has 2 aromatic heterocycles. The number of aromatic nitrogens is 2. The van der Waals surface area contributed by atoms with Gasteiger partial charge in [0.25, 0.3) is 5.91 Å². The van der Waals surface area contributed by atoms with Gasteiger partial charge < -0.3 is 4.90 Å². The van der Waals surface area contributed by atoms with Gasteiger partial charge in [-0.1, -0.05) is 6.07 Å². The molecule has 0 saturated carbocycles. The highest BCUT2D eigenvalue weighted by atomic mass is 32.2. The number of nitrogens with zero attached hydrogens (tertiary/aromatic N) is 3. The van der Waals surface area contributed by atoms with Crippen LogP contribution in [0.1, 0.15) is 29.0 Å². The number of unbranched alkanes of at least 4 members (excludes halogenated alkanes) is 1. The van der Waals surface area contributed by atoms with Crippen LogP contribution in [0.5, 0.6) is 0 Å². The van der Waals surface area contributed by atoms with Gasteiger partial charge in [-0.2, -0.15) is 13.2 Å². The van der Waals surface area contributed by atoms with E-state index in [1.54, 1.807) is 33.7 Å². The van der Waals surface area contributed by atoms with Crippen molar-refractivity contribution < 1.29 is 26.4 Å². The summed E-state index contributed by atoms with van der Waals surface area (Å²) in [6, 6.07) is 5.21. The van der Waals surface area contributed by atoms with Crippen LogP contribution in [0, 0.1) is 0 Å². The standard InChI is InChI=1S/C14H15F3N4O3S/c15-14(16,17)25(23,24)19-6-1-2-7-20-9-10-8-18-12-5-3-4-11(13(20)22)21(10)12/h3-5,8,19H,1-2,6-7,9H2. The first kappa shape index (κ1) is 17.7. The molecule has 3 heterocycles. The predicted octanol–water partition coefficient (Wildman–Crippen LogP) is 1.51. The molecule has 1 aliphatic rings. The second kappa shape index (κ2) is 6.30. The summed E-state index contributed by atoms with van der Waals surface area (Å²) in [5.41, 5.74) is -3.30. The lowest BCUT2D eigenvalue weighted by molar-refractivity contribution is -0.0447. The van der Waals surface area contributed by atoms with Gasteiger partial charge in [0.15, 0.2) is 0 Å². The number of amides is 1. The predicted molar refractivity (Wildman–Crippen MR) is 82.1 cm³/mol. The van der Waals surface area contributed by atoms with Crippen molar-refractivity contribution in [1.29, 1.82) is 0 Å². The Morgan fingerprint density at radius 3 is 2.72 bits per heavy atom. The molecule has 1 amide bonds. The summed E-state index contributed by atoms with van der Waals surface area (Å²) in [7, 11) is -5.32. The van der Waals surface area contributed by atoms with Gasteiger partial charge in [0.1, 0.15) is 11.3 Å². The van der Waals surface area contributed by atoms with Gasteiger partial charge in [-0.3, -0.25) is 9.20 Å². The largest absolute Gasteiger partial charge is 0.511 e. The van der Waals surface area contributed by atoms with Crippen LogP contribution >= 0.6 is 0 Å². The van der Waals surface area contributed by atoms with E-state index in [4.69, 9.17) is 0 Å². The number of hydrogen-bond donors (Lipinski definition) is 1. The summed E-state index contributed by atoms with van der Waals surface area (Å²) in [5.74, 6) is -0.188. The van der Waals surface area contributed by atoms with Crippen LogP contribution < -0.4 is 4.72 Å². The highest BCUT2D eigenvalue weighted by Gasteiger charge is 2.45. The topological polar surface area (TPSA) is 83.8 Å². The van der Waals surface area contributed by atoms with Crippen molar-refractivity contribution in [3.63, 3.8) is 0 Å². The Kier molecular flexibility index (Phi) is 4.45. The highest BCUT2D eigenvalue weighted by molar-refractivity contribution is 7.90. The van der Waals surface area contributed by atoms with Crippen LogP contribution in [0.3, 0.4) is 0 Å². The third-order valence-electron chi connectivity index (χ3n) is 3.91. The molecule has 11 heteroatoms. The summed E-state index contributed by atoms with van der Waals surface area (Å²) in [4.78, 5) is 18.3. The minimum Gasteiger partial charge on any atom is -0.331 e. The number of rotatable bonds is 6. The van der Waals surface area contributed by atoms with Gasteiger partial charge >= 0.3 is 15.5 Å². The lowest BCUT2D eigenvalue weighted by Gasteiger charge is -2.27. The van der Waals surface area contributed by atoms with Crippen LogP contribution in [-0.2, 0) is 16.6 Å². The molecule has 25 heavy (non-hydrogen) atoms. The van der Waals surface area contributed by atoms with Gasteiger partial charge in [0, 0.05) is 13.1 Å². The molecular weight excluding hydrogens is 361 g/mol. The van der Waals surface area contributed by atoms with Gasteiger partial charge in [0.05, 0.1) is 18.4 Å². The van der Waals surface area contributed by atoms with Gasteiger partial charge in [-0.25, -0.2) is 18.1 Å². The van der Waals surface area contributed by atoms with Gasteiger partial charge in [-0.15, -0.1) is 0 Å². The van der Waals surface area contributed by atoms with E-state index in [0.717, 1.165) is 5.69 Å². The number of hydrogen-bond acceptors (Lipinski definition) is 4. The summed E-state index contributed by atoms with van der Waals surface area (Å²) in [6.07, 6.45) is 2.23. The first-order valence-electron chi connectivity index (χ1n) is 7.51. The number of carbonyl (C=O) groups is 1. The molecule has 136 valence electrons.